The topological polar surface area (TPSA) is 55.4 Å². The maximum Gasteiger partial charge on any atom is 0.0637 e. The van der Waals surface area contributed by atoms with Crippen LogP contribution in [0.4, 0.5) is 0 Å². The largest absolute Gasteiger partial charge is 0.384 e. The van der Waals surface area contributed by atoms with Crippen LogP contribution in [0.3, 0.4) is 0 Å². The van der Waals surface area contributed by atoms with Gasteiger partial charge in [-0.3, -0.25) is 0 Å². The Labute approximate surface area is 141 Å². The van der Waals surface area contributed by atoms with Gasteiger partial charge < -0.3 is 28.4 Å². The number of hydrogen-bond acceptors (Lipinski definition) is 6. The predicted molar refractivity (Wildman–Crippen MR) is 90.0 cm³/mol. The van der Waals surface area contributed by atoms with E-state index in [9.17, 15) is 0 Å². The van der Waals surface area contributed by atoms with E-state index in [2.05, 4.69) is 6.92 Å². The molecule has 0 N–H and O–H groups in total. The highest BCUT2D eigenvalue weighted by atomic mass is 16.5. The molecule has 0 atom stereocenters. The quantitative estimate of drug-likeness (QED) is 0.430. The molecule has 23 heavy (non-hydrogen) atoms. The highest BCUT2D eigenvalue weighted by Crippen LogP contribution is 2.27. The van der Waals surface area contributed by atoms with Crippen LogP contribution in [0, 0.1) is 10.8 Å². The van der Waals surface area contributed by atoms with Crippen molar-refractivity contribution in [3.05, 3.63) is 0 Å². The van der Waals surface area contributed by atoms with Crippen molar-refractivity contribution in [3.8, 4) is 0 Å². The molecule has 0 aromatic heterocycles. The average Bonchev–Trinajstić information content (AvgIpc) is 2.49. The van der Waals surface area contributed by atoms with E-state index >= 15 is 0 Å². The number of rotatable bonds is 16. The molecule has 0 aliphatic heterocycles. The lowest BCUT2D eigenvalue weighted by Crippen LogP contribution is -2.43. The van der Waals surface area contributed by atoms with E-state index in [4.69, 9.17) is 28.4 Å². The van der Waals surface area contributed by atoms with E-state index in [-0.39, 0.29) is 10.8 Å². The maximum absolute atomic E-state index is 6.08. The second-order valence-electron chi connectivity index (χ2n) is 6.41. The van der Waals surface area contributed by atoms with Crippen molar-refractivity contribution >= 4 is 0 Å². The summed E-state index contributed by atoms with van der Waals surface area (Å²) >= 11 is 0. The van der Waals surface area contributed by atoms with Crippen LogP contribution in [-0.2, 0) is 28.4 Å². The lowest BCUT2D eigenvalue weighted by atomic mass is 9.85. The lowest BCUT2D eigenvalue weighted by Gasteiger charge is -2.35. The molecule has 0 aliphatic carbocycles. The third-order valence-corrected chi connectivity index (χ3v) is 3.85. The summed E-state index contributed by atoms with van der Waals surface area (Å²) in [6.45, 7) is 6.01. The van der Waals surface area contributed by atoms with E-state index in [1.54, 1.807) is 35.5 Å². The van der Waals surface area contributed by atoms with Gasteiger partial charge in [0.05, 0.1) is 51.7 Å². The van der Waals surface area contributed by atoms with E-state index in [1.807, 2.05) is 0 Å². The first-order chi connectivity index (χ1) is 11.1. The summed E-state index contributed by atoms with van der Waals surface area (Å²) in [5, 5.41) is 0. The van der Waals surface area contributed by atoms with Gasteiger partial charge in [0.15, 0.2) is 0 Å². The van der Waals surface area contributed by atoms with Gasteiger partial charge in [0, 0.05) is 41.0 Å². The zero-order valence-corrected chi connectivity index (χ0v) is 15.8. The zero-order valence-electron chi connectivity index (χ0n) is 15.8. The van der Waals surface area contributed by atoms with Gasteiger partial charge in [0.25, 0.3) is 0 Å². The molecule has 0 amide bonds. The molecule has 0 saturated carbocycles. The molecule has 0 aromatic carbocycles. The number of hydrogen-bond donors (Lipinski definition) is 0. The minimum Gasteiger partial charge on any atom is -0.384 e. The molecule has 140 valence electrons. The first-order valence-corrected chi connectivity index (χ1v) is 8.10. The van der Waals surface area contributed by atoms with Gasteiger partial charge in [-0.1, -0.05) is 13.3 Å². The van der Waals surface area contributed by atoms with Crippen molar-refractivity contribution in [2.75, 3.05) is 81.8 Å². The molecule has 0 aromatic rings. The minimum atomic E-state index is -0.309. The highest BCUT2D eigenvalue weighted by molar-refractivity contribution is 4.82. The monoisotopic (exact) mass is 336 g/mol. The number of ether oxygens (including phenoxy) is 6. The molecule has 0 rings (SSSR count). The summed E-state index contributed by atoms with van der Waals surface area (Å²) in [6.07, 6.45) is 2.04. The smallest absolute Gasteiger partial charge is 0.0637 e. The average molecular weight is 336 g/mol. The molecule has 0 fully saturated rings. The molecule has 0 saturated heterocycles. The van der Waals surface area contributed by atoms with Crippen LogP contribution >= 0.6 is 0 Å². The molecule has 0 bridgehead atoms. The molecule has 0 spiro atoms. The van der Waals surface area contributed by atoms with Gasteiger partial charge in [0.1, 0.15) is 0 Å². The first-order valence-electron chi connectivity index (χ1n) is 8.10. The SMILES string of the molecule is CCCC(COC)(COC)COCC(COC)(COC)COC. The van der Waals surface area contributed by atoms with E-state index in [0.29, 0.717) is 46.2 Å². The molecular formula is C17H36O6. The predicted octanol–water partition coefficient (Wildman–Crippen LogP) is 2.01. The van der Waals surface area contributed by atoms with Crippen molar-refractivity contribution in [1.29, 1.82) is 0 Å². The Morgan fingerprint density at radius 1 is 0.522 bits per heavy atom. The zero-order chi connectivity index (χ0) is 17.6. The van der Waals surface area contributed by atoms with Crippen molar-refractivity contribution in [3.63, 3.8) is 0 Å². The van der Waals surface area contributed by atoms with Crippen LogP contribution < -0.4 is 0 Å². The summed E-state index contributed by atoms with van der Waals surface area (Å²) in [6, 6.07) is 0. The number of methoxy groups -OCH3 is 5. The van der Waals surface area contributed by atoms with Crippen molar-refractivity contribution < 1.29 is 28.4 Å². The Morgan fingerprint density at radius 2 is 0.870 bits per heavy atom. The summed E-state index contributed by atoms with van der Waals surface area (Å²) < 4.78 is 32.9. The van der Waals surface area contributed by atoms with Gasteiger partial charge in [-0.15, -0.1) is 0 Å². The molecule has 6 nitrogen and oxygen atoms in total. The minimum absolute atomic E-state index is 0.128. The Balaban J connectivity index is 4.82. The van der Waals surface area contributed by atoms with Crippen LogP contribution in [-0.4, -0.2) is 81.8 Å². The van der Waals surface area contributed by atoms with Gasteiger partial charge in [0.2, 0.25) is 0 Å². The van der Waals surface area contributed by atoms with Crippen LogP contribution in [0.1, 0.15) is 19.8 Å². The van der Waals surface area contributed by atoms with Crippen molar-refractivity contribution in [1.82, 2.24) is 0 Å². The summed E-state index contributed by atoms with van der Waals surface area (Å²) in [4.78, 5) is 0. The van der Waals surface area contributed by atoms with Crippen LogP contribution in [0.25, 0.3) is 0 Å². The second kappa shape index (κ2) is 13.1. The molecule has 0 radical (unpaired) electrons. The van der Waals surface area contributed by atoms with Gasteiger partial charge in [-0.25, -0.2) is 0 Å². The third-order valence-electron chi connectivity index (χ3n) is 3.85. The van der Waals surface area contributed by atoms with E-state index < -0.39 is 0 Å². The summed E-state index contributed by atoms with van der Waals surface area (Å²) in [5.41, 5.74) is -0.437. The Bertz CT molecular complexity index is 212. The van der Waals surface area contributed by atoms with Crippen LogP contribution in [0.15, 0.2) is 0 Å². The fourth-order valence-electron chi connectivity index (χ4n) is 3.14. The van der Waals surface area contributed by atoms with Gasteiger partial charge in [-0.2, -0.15) is 0 Å². The van der Waals surface area contributed by atoms with Crippen molar-refractivity contribution in [2.45, 2.75) is 19.8 Å². The van der Waals surface area contributed by atoms with Gasteiger partial charge >= 0.3 is 0 Å². The Kier molecular flexibility index (Phi) is 13.0. The second-order valence-corrected chi connectivity index (χ2v) is 6.41. The normalized spacial score (nSPS) is 12.8. The molecule has 0 aliphatic rings. The highest BCUT2D eigenvalue weighted by Gasteiger charge is 2.35. The van der Waals surface area contributed by atoms with Crippen LogP contribution in [0.2, 0.25) is 0 Å². The maximum atomic E-state index is 6.08. The summed E-state index contributed by atoms with van der Waals surface area (Å²) in [5.74, 6) is 0. The third kappa shape index (κ3) is 8.42. The molecule has 0 heterocycles. The fourth-order valence-corrected chi connectivity index (χ4v) is 3.14. The molecule has 6 heteroatoms. The fraction of sp³-hybridized carbons (Fsp3) is 1.00. The Hall–Kier alpha value is -0.240. The van der Waals surface area contributed by atoms with Gasteiger partial charge in [-0.05, 0) is 6.42 Å². The standard InChI is InChI=1S/C17H36O6/c1-7-8-16(9-18-2,10-19-3)14-23-15-17(11-20-4,12-21-5)13-22-6/h7-15H2,1-6H3. The summed E-state index contributed by atoms with van der Waals surface area (Å²) in [7, 11) is 8.46. The van der Waals surface area contributed by atoms with E-state index in [0.717, 1.165) is 12.8 Å². The Morgan fingerprint density at radius 3 is 1.22 bits per heavy atom. The molecular weight excluding hydrogens is 300 g/mol. The van der Waals surface area contributed by atoms with E-state index in [1.165, 1.54) is 0 Å². The van der Waals surface area contributed by atoms with Crippen LogP contribution in [0.5, 0.6) is 0 Å². The molecule has 0 unspecified atom stereocenters. The van der Waals surface area contributed by atoms with Crippen molar-refractivity contribution in [2.24, 2.45) is 10.8 Å². The first kappa shape index (κ1) is 22.8. The lowest BCUT2D eigenvalue weighted by molar-refractivity contribution is -0.114.